The molecule has 204 valence electrons. The van der Waals surface area contributed by atoms with Crippen molar-refractivity contribution in [3.63, 3.8) is 0 Å². The molecule has 3 aromatic rings. The quantitative estimate of drug-likeness (QED) is 0.236. The van der Waals surface area contributed by atoms with E-state index in [0.29, 0.717) is 24.3 Å². The van der Waals surface area contributed by atoms with Crippen LogP contribution in [-0.4, -0.2) is 13.1 Å². The van der Waals surface area contributed by atoms with E-state index in [0.717, 1.165) is 25.3 Å². The Morgan fingerprint density at radius 3 is 0.974 bits per heavy atom. The van der Waals surface area contributed by atoms with Gasteiger partial charge in [0.1, 0.15) is 0 Å². The second-order valence-electron chi connectivity index (χ2n) is 7.88. The molecule has 0 spiro atoms. The number of hydrogen-bond donors (Lipinski definition) is 0. The number of methoxy groups -OCH3 is 1. The molecule has 0 bridgehead atoms. The van der Waals surface area contributed by atoms with Gasteiger partial charge < -0.3 is 4.74 Å². The van der Waals surface area contributed by atoms with Crippen molar-refractivity contribution in [1.82, 2.24) is 0 Å². The van der Waals surface area contributed by atoms with Gasteiger partial charge in [0.2, 0.25) is 0 Å². The zero-order valence-corrected chi connectivity index (χ0v) is 18.5. The molecule has 3 aromatic carbocycles. The fourth-order valence-electron chi connectivity index (χ4n) is 3.44. The van der Waals surface area contributed by atoms with Gasteiger partial charge in [-0.05, 0) is 76.9 Å². The van der Waals surface area contributed by atoms with Gasteiger partial charge in [0.05, 0.1) is 34.9 Å². The fourth-order valence-corrected chi connectivity index (χ4v) is 3.44. The monoisotopic (exact) mass is 560 g/mol. The molecule has 0 amide bonds. The van der Waals surface area contributed by atoms with Crippen LogP contribution in [0.15, 0.2) is 54.6 Å². The van der Waals surface area contributed by atoms with Crippen LogP contribution < -0.4 is 0 Å². The Labute approximate surface area is 205 Å². The van der Waals surface area contributed by atoms with Gasteiger partial charge in [0.25, 0.3) is 0 Å². The van der Waals surface area contributed by atoms with Crippen molar-refractivity contribution in [2.45, 2.75) is 24.7 Å². The van der Waals surface area contributed by atoms with Crippen molar-refractivity contribution in [1.29, 1.82) is 0 Å². The summed E-state index contributed by atoms with van der Waals surface area (Å²) >= 11 is 0. The molecule has 0 N–H and O–H groups in total. The highest BCUT2D eigenvalue weighted by atomic mass is 19.4. The fraction of sp³-hybridized carbons (Fsp3) is 0.208. The summed E-state index contributed by atoms with van der Waals surface area (Å²) < 4.78 is 164. The van der Waals surface area contributed by atoms with Gasteiger partial charge in [0.15, 0.2) is 0 Å². The second-order valence-corrected chi connectivity index (χ2v) is 7.88. The largest absolute Gasteiger partial charge is 0.465 e. The molecule has 14 heteroatoms. The van der Waals surface area contributed by atoms with E-state index in [9.17, 15) is 57.5 Å². The molecule has 38 heavy (non-hydrogen) atoms. The van der Waals surface area contributed by atoms with Crippen LogP contribution >= 0.6 is 0 Å². The Morgan fingerprint density at radius 2 is 0.737 bits per heavy atom. The van der Waals surface area contributed by atoms with E-state index in [-0.39, 0.29) is 12.1 Å². The van der Waals surface area contributed by atoms with Gasteiger partial charge in [-0.3, -0.25) is 0 Å². The summed E-state index contributed by atoms with van der Waals surface area (Å²) in [4.78, 5) is 12.1. The summed E-state index contributed by atoms with van der Waals surface area (Å²) in [6, 6.07) is 3.19. The van der Waals surface area contributed by atoms with Crippen LogP contribution in [0.3, 0.4) is 0 Å². The first-order valence-electron chi connectivity index (χ1n) is 10.0. The highest BCUT2D eigenvalue weighted by Gasteiger charge is 2.38. The first-order chi connectivity index (χ1) is 17.2. The SMILES string of the molecule is COC(=O)c1cc(-c2cc(C(F)(F)F)cc(C(F)(F)F)c2)cc(-c2cc(C(F)(F)F)cc(C(F)(F)F)c2)c1. The molecule has 0 saturated heterocycles. The number of ether oxygens (including phenoxy) is 1. The van der Waals surface area contributed by atoms with Crippen LogP contribution in [-0.2, 0) is 29.4 Å². The van der Waals surface area contributed by atoms with E-state index in [1.807, 2.05) is 0 Å². The van der Waals surface area contributed by atoms with Crippen LogP contribution in [0.5, 0.6) is 0 Å². The predicted molar refractivity (Wildman–Crippen MR) is 109 cm³/mol. The summed E-state index contributed by atoms with van der Waals surface area (Å²) in [6.07, 6.45) is -21.0. The lowest BCUT2D eigenvalue weighted by molar-refractivity contribution is -0.144. The highest BCUT2D eigenvalue weighted by molar-refractivity contribution is 5.93. The van der Waals surface area contributed by atoms with Crippen molar-refractivity contribution in [3.8, 4) is 22.3 Å². The van der Waals surface area contributed by atoms with Crippen LogP contribution in [0.4, 0.5) is 52.7 Å². The average molecular weight is 560 g/mol. The zero-order chi connectivity index (χ0) is 28.8. The molecule has 0 aliphatic heterocycles. The van der Waals surface area contributed by atoms with Gasteiger partial charge in [-0.2, -0.15) is 52.7 Å². The zero-order valence-electron chi connectivity index (χ0n) is 18.5. The molecule has 0 radical (unpaired) electrons. The summed E-state index contributed by atoms with van der Waals surface area (Å²) in [5.74, 6) is -1.21. The van der Waals surface area contributed by atoms with E-state index >= 15 is 0 Å². The third-order valence-electron chi connectivity index (χ3n) is 5.20. The van der Waals surface area contributed by atoms with E-state index in [2.05, 4.69) is 4.74 Å². The van der Waals surface area contributed by atoms with Gasteiger partial charge in [-0.1, -0.05) is 0 Å². The van der Waals surface area contributed by atoms with Gasteiger partial charge in [-0.25, -0.2) is 4.79 Å². The molecule has 0 aromatic heterocycles. The number of carbonyl (C=O) groups excluding carboxylic acids is 1. The van der Waals surface area contributed by atoms with E-state index in [1.165, 1.54) is 0 Å². The lowest BCUT2D eigenvalue weighted by Gasteiger charge is -2.17. The number of benzene rings is 3. The third-order valence-corrected chi connectivity index (χ3v) is 5.20. The number of alkyl halides is 12. The maximum Gasteiger partial charge on any atom is 0.416 e. The minimum absolute atomic E-state index is 0.170. The molecule has 0 saturated carbocycles. The summed E-state index contributed by atoms with van der Waals surface area (Å²) in [5.41, 5.74) is -10.1. The Kier molecular flexibility index (Phi) is 7.25. The molecule has 3 rings (SSSR count). The normalized spacial score (nSPS) is 13.0. The maximum absolute atomic E-state index is 13.3. The van der Waals surface area contributed by atoms with Crippen molar-refractivity contribution in [2.24, 2.45) is 0 Å². The molecule has 0 fully saturated rings. The van der Waals surface area contributed by atoms with Crippen LogP contribution in [0.25, 0.3) is 22.3 Å². The minimum atomic E-state index is -5.25. The van der Waals surface area contributed by atoms with Crippen LogP contribution in [0, 0.1) is 0 Å². The molecule has 0 aliphatic carbocycles. The number of carbonyl (C=O) groups is 1. The smallest absolute Gasteiger partial charge is 0.416 e. The minimum Gasteiger partial charge on any atom is -0.465 e. The van der Waals surface area contributed by atoms with Crippen LogP contribution in [0.1, 0.15) is 32.6 Å². The third kappa shape index (κ3) is 6.40. The molecule has 2 nitrogen and oxygen atoms in total. The summed E-state index contributed by atoms with van der Waals surface area (Å²) in [6.45, 7) is 0. The Hall–Kier alpha value is -3.71. The number of rotatable bonds is 3. The Bertz CT molecular complexity index is 1200. The topological polar surface area (TPSA) is 26.3 Å². The van der Waals surface area contributed by atoms with E-state index in [4.69, 9.17) is 0 Å². The molecular formula is C24H12F12O2. The average Bonchev–Trinajstić information content (AvgIpc) is 2.80. The second kappa shape index (κ2) is 9.55. The Morgan fingerprint density at radius 1 is 0.474 bits per heavy atom. The molecule has 0 heterocycles. The molecule has 0 unspecified atom stereocenters. The number of hydrogen-bond acceptors (Lipinski definition) is 2. The summed E-state index contributed by atoms with van der Waals surface area (Å²) in [5, 5.41) is 0. The molecule has 0 aliphatic rings. The van der Waals surface area contributed by atoms with Crippen LogP contribution in [0.2, 0.25) is 0 Å². The van der Waals surface area contributed by atoms with Gasteiger partial charge in [0, 0.05) is 0 Å². The maximum atomic E-state index is 13.3. The number of esters is 1. The Balaban J connectivity index is 2.37. The lowest BCUT2D eigenvalue weighted by atomic mass is 9.92. The first-order valence-corrected chi connectivity index (χ1v) is 10.0. The lowest BCUT2D eigenvalue weighted by Crippen LogP contribution is -2.11. The van der Waals surface area contributed by atoms with Crippen molar-refractivity contribution >= 4 is 5.97 Å². The van der Waals surface area contributed by atoms with E-state index in [1.54, 1.807) is 0 Å². The summed E-state index contributed by atoms with van der Waals surface area (Å²) in [7, 11) is 0.854. The van der Waals surface area contributed by atoms with E-state index < -0.39 is 80.7 Å². The van der Waals surface area contributed by atoms with Crippen molar-refractivity contribution in [2.75, 3.05) is 7.11 Å². The van der Waals surface area contributed by atoms with Gasteiger partial charge >= 0.3 is 30.7 Å². The highest BCUT2D eigenvalue weighted by Crippen LogP contribution is 2.42. The van der Waals surface area contributed by atoms with Crippen molar-refractivity contribution < 1.29 is 62.2 Å². The standard InChI is InChI=1S/C24H12F12O2/c1-38-20(37)15-3-11(13-5-16(21(25,26)27)9-17(6-13)22(28,29)30)2-12(4-15)14-7-18(23(31,32)33)10-19(8-14)24(34,35)36/h2-10H,1H3. The van der Waals surface area contributed by atoms with Gasteiger partial charge in [-0.15, -0.1) is 0 Å². The molecule has 0 atom stereocenters. The predicted octanol–water partition coefficient (Wildman–Crippen LogP) is 8.88. The number of halogens is 12. The molecular weight excluding hydrogens is 548 g/mol. The first kappa shape index (κ1) is 28.9. The van der Waals surface area contributed by atoms with Crippen molar-refractivity contribution in [3.05, 3.63) is 82.4 Å².